The van der Waals surface area contributed by atoms with Crippen molar-refractivity contribution in [3.63, 3.8) is 0 Å². The summed E-state index contributed by atoms with van der Waals surface area (Å²) in [5.41, 5.74) is 2.29. The van der Waals surface area contributed by atoms with E-state index in [4.69, 9.17) is 23.2 Å². The van der Waals surface area contributed by atoms with Crippen molar-refractivity contribution in [2.24, 2.45) is 0 Å². The van der Waals surface area contributed by atoms with Gasteiger partial charge in [0.1, 0.15) is 0 Å². The Balaban J connectivity index is 2.11. The number of rotatable bonds is 5. The zero-order chi connectivity index (χ0) is 14.5. The number of nitrogens with one attached hydrogen (secondary N) is 1. The molecule has 0 heterocycles. The fourth-order valence-electron chi connectivity index (χ4n) is 2.16. The molecule has 20 heavy (non-hydrogen) atoms. The van der Waals surface area contributed by atoms with Crippen molar-refractivity contribution in [1.82, 2.24) is 5.32 Å². The number of hydrogen-bond acceptors (Lipinski definition) is 1. The van der Waals surface area contributed by atoms with Crippen molar-refractivity contribution in [1.29, 1.82) is 0 Å². The average molecular weight is 373 g/mol. The molecule has 0 saturated carbocycles. The lowest BCUT2D eigenvalue weighted by Crippen LogP contribution is -2.30. The third-order valence-electron chi connectivity index (χ3n) is 3.31. The van der Waals surface area contributed by atoms with Gasteiger partial charge >= 0.3 is 0 Å². The molecule has 0 saturated heterocycles. The largest absolute Gasteiger partial charge is 0.316 e. The van der Waals surface area contributed by atoms with E-state index in [1.807, 2.05) is 37.4 Å². The monoisotopic (exact) mass is 371 g/mol. The molecule has 2 rings (SSSR count). The molecule has 1 atom stereocenters. The highest BCUT2D eigenvalue weighted by Crippen LogP contribution is 2.24. The highest BCUT2D eigenvalue weighted by atomic mass is 79.9. The molecule has 0 aromatic heterocycles. The molecule has 0 aliphatic heterocycles. The van der Waals surface area contributed by atoms with Crippen molar-refractivity contribution >= 4 is 39.1 Å². The molecule has 0 aliphatic rings. The van der Waals surface area contributed by atoms with Gasteiger partial charge in [-0.3, -0.25) is 0 Å². The lowest BCUT2D eigenvalue weighted by Gasteiger charge is -2.18. The van der Waals surface area contributed by atoms with Crippen molar-refractivity contribution in [3.05, 3.63) is 68.1 Å². The second-order valence-electron chi connectivity index (χ2n) is 4.72. The maximum Gasteiger partial charge on any atom is 0.0449 e. The van der Waals surface area contributed by atoms with Gasteiger partial charge in [-0.1, -0.05) is 63.4 Å². The lowest BCUT2D eigenvalue weighted by atomic mass is 9.99. The van der Waals surface area contributed by atoms with Gasteiger partial charge in [-0.25, -0.2) is 0 Å². The third-order valence-corrected chi connectivity index (χ3v) is 4.53. The van der Waals surface area contributed by atoms with Crippen LogP contribution < -0.4 is 5.32 Å². The van der Waals surface area contributed by atoms with Gasteiger partial charge in [-0.2, -0.15) is 0 Å². The highest BCUT2D eigenvalue weighted by molar-refractivity contribution is 9.10. The quantitative estimate of drug-likeness (QED) is 0.767. The second-order valence-corrected chi connectivity index (χ2v) is 6.45. The Morgan fingerprint density at radius 2 is 1.65 bits per heavy atom. The van der Waals surface area contributed by atoms with Gasteiger partial charge in [0.15, 0.2) is 0 Å². The Bertz CT molecular complexity index is 586. The van der Waals surface area contributed by atoms with Gasteiger partial charge < -0.3 is 5.32 Å². The predicted molar refractivity (Wildman–Crippen MR) is 90.9 cm³/mol. The van der Waals surface area contributed by atoms with E-state index < -0.39 is 0 Å². The Hall–Kier alpha value is -0.540. The standard InChI is InChI=1S/C16H16BrCl2N/c1-20-14(8-11-4-2-3-5-15(11)18)9-12-6-7-13(17)10-16(12)19/h2-7,10,14,20H,8-9H2,1H3. The average Bonchev–Trinajstić information content (AvgIpc) is 2.43. The van der Waals surface area contributed by atoms with Crippen LogP contribution >= 0.6 is 39.1 Å². The minimum absolute atomic E-state index is 0.300. The Morgan fingerprint density at radius 3 is 2.25 bits per heavy atom. The number of benzene rings is 2. The molecule has 0 spiro atoms. The van der Waals surface area contributed by atoms with Crippen LogP contribution in [0.3, 0.4) is 0 Å². The van der Waals surface area contributed by atoms with Crippen LogP contribution in [0.15, 0.2) is 46.9 Å². The summed E-state index contributed by atoms with van der Waals surface area (Å²) in [6.07, 6.45) is 1.75. The molecule has 2 aromatic carbocycles. The molecular weight excluding hydrogens is 357 g/mol. The smallest absolute Gasteiger partial charge is 0.0449 e. The molecule has 0 aliphatic carbocycles. The zero-order valence-corrected chi connectivity index (χ0v) is 14.3. The maximum absolute atomic E-state index is 6.28. The van der Waals surface area contributed by atoms with Crippen LogP contribution in [-0.4, -0.2) is 13.1 Å². The van der Waals surface area contributed by atoms with Crippen LogP contribution in [0.5, 0.6) is 0 Å². The van der Waals surface area contributed by atoms with Gasteiger partial charge in [0.05, 0.1) is 0 Å². The summed E-state index contributed by atoms with van der Waals surface area (Å²) < 4.78 is 0.998. The number of halogens is 3. The summed E-state index contributed by atoms with van der Waals surface area (Å²) in [5, 5.41) is 4.94. The van der Waals surface area contributed by atoms with E-state index >= 15 is 0 Å². The topological polar surface area (TPSA) is 12.0 Å². The van der Waals surface area contributed by atoms with Crippen molar-refractivity contribution < 1.29 is 0 Å². The number of hydrogen-bond donors (Lipinski definition) is 1. The summed E-state index contributed by atoms with van der Waals surface area (Å²) in [4.78, 5) is 0. The van der Waals surface area contributed by atoms with Crippen molar-refractivity contribution in [3.8, 4) is 0 Å². The Labute approximate surface area is 138 Å². The Morgan fingerprint density at radius 1 is 1.00 bits per heavy atom. The van der Waals surface area contributed by atoms with Crippen LogP contribution in [0.1, 0.15) is 11.1 Å². The van der Waals surface area contributed by atoms with Gasteiger partial charge in [-0.05, 0) is 49.2 Å². The highest BCUT2D eigenvalue weighted by Gasteiger charge is 2.12. The molecule has 0 amide bonds. The van der Waals surface area contributed by atoms with Gasteiger partial charge in [0.25, 0.3) is 0 Å². The summed E-state index contributed by atoms with van der Waals surface area (Å²) >= 11 is 15.9. The summed E-state index contributed by atoms with van der Waals surface area (Å²) in [7, 11) is 1.97. The first-order valence-corrected chi connectivity index (χ1v) is 7.99. The molecule has 1 unspecified atom stereocenters. The van der Waals surface area contributed by atoms with Gasteiger partial charge in [0, 0.05) is 20.6 Å². The first kappa shape index (κ1) is 15.8. The fraction of sp³-hybridized carbons (Fsp3) is 0.250. The van der Waals surface area contributed by atoms with Crippen molar-refractivity contribution in [2.75, 3.05) is 7.05 Å². The predicted octanol–water partition coefficient (Wildman–Crippen LogP) is 5.13. The molecule has 0 bridgehead atoms. The minimum Gasteiger partial charge on any atom is -0.316 e. The maximum atomic E-state index is 6.28. The molecular formula is C16H16BrCl2N. The molecule has 4 heteroatoms. The van der Waals surface area contributed by atoms with E-state index in [1.165, 1.54) is 0 Å². The minimum atomic E-state index is 0.300. The van der Waals surface area contributed by atoms with E-state index in [9.17, 15) is 0 Å². The van der Waals surface area contributed by atoms with E-state index in [-0.39, 0.29) is 0 Å². The molecule has 0 radical (unpaired) electrons. The van der Waals surface area contributed by atoms with Crippen LogP contribution in [0.4, 0.5) is 0 Å². The van der Waals surface area contributed by atoms with Gasteiger partial charge in [-0.15, -0.1) is 0 Å². The van der Waals surface area contributed by atoms with E-state index in [0.717, 1.165) is 38.5 Å². The van der Waals surface area contributed by atoms with E-state index in [1.54, 1.807) is 0 Å². The van der Waals surface area contributed by atoms with E-state index in [2.05, 4.69) is 33.4 Å². The van der Waals surface area contributed by atoms with E-state index in [0.29, 0.717) is 6.04 Å². The first-order valence-electron chi connectivity index (χ1n) is 6.44. The van der Waals surface area contributed by atoms with Crippen LogP contribution in [0.25, 0.3) is 0 Å². The second kappa shape index (κ2) is 7.46. The summed E-state index contributed by atoms with van der Waals surface area (Å²) in [6.45, 7) is 0. The molecule has 1 N–H and O–H groups in total. The zero-order valence-electron chi connectivity index (χ0n) is 11.2. The third kappa shape index (κ3) is 4.23. The molecule has 1 nitrogen and oxygen atoms in total. The summed E-state index contributed by atoms with van der Waals surface area (Å²) in [6, 6.07) is 14.3. The SMILES string of the molecule is CNC(Cc1ccccc1Cl)Cc1ccc(Br)cc1Cl. The van der Waals surface area contributed by atoms with Crippen LogP contribution in [0, 0.1) is 0 Å². The fourth-order valence-corrected chi connectivity index (χ4v) is 3.12. The van der Waals surface area contributed by atoms with Crippen LogP contribution in [0.2, 0.25) is 10.0 Å². The first-order chi connectivity index (χ1) is 9.60. The molecule has 2 aromatic rings. The molecule has 106 valence electrons. The Kier molecular flexibility index (Phi) is 5.91. The number of likely N-dealkylation sites (N-methyl/N-ethyl adjacent to an activating group) is 1. The van der Waals surface area contributed by atoms with Gasteiger partial charge in [0.2, 0.25) is 0 Å². The van der Waals surface area contributed by atoms with Crippen molar-refractivity contribution in [2.45, 2.75) is 18.9 Å². The normalized spacial score (nSPS) is 12.4. The molecule has 0 fully saturated rings. The lowest BCUT2D eigenvalue weighted by molar-refractivity contribution is 0.556. The van der Waals surface area contributed by atoms with Crippen LogP contribution in [-0.2, 0) is 12.8 Å². The summed E-state index contributed by atoms with van der Waals surface area (Å²) in [5.74, 6) is 0.